The third-order valence-corrected chi connectivity index (χ3v) is 9.01. The van der Waals surface area contributed by atoms with Crippen LogP contribution < -0.4 is 0 Å². The first kappa shape index (κ1) is 29.1. The van der Waals surface area contributed by atoms with E-state index in [0.717, 1.165) is 16.0 Å². The molecule has 12 heteroatoms. The summed E-state index contributed by atoms with van der Waals surface area (Å²) in [5, 5.41) is 1.86. The van der Waals surface area contributed by atoms with Crippen LogP contribution in [-0.2, 0) is 27.6 Å². The molecule has 2 unspecified atom stereocenters. The van der Waals surface area contributed by atoms with Crippen molar-refractivity contribution in [3.05, 3.63) is 0 Å². The molecule has 0 amide bonds. The van der Waals surface area contributed by atoms with Gasteiger partial charge in [0.2, 0.25) is 0 Å². The highest BCUT2D eigenvalue weighted by Gasteiger charge is 2.28. The standard InChI is InChI=1S/C15H28Br3Cl2O6P/c1-3-24-27(21,25-4-2)26-7-13(20)6-23-14(5-19)8-22-12-15(9-16,10-17)11-18/h13-14H,3-12H2,1-2H3. The molecule has 0 aromatic carbocycles. The predicted molar refractivity (Wildman–Crippen MR) is 122 cm³/mol. The number of rotatable bonds is 18. The lowest BCUT2D eigenvalue weighted by molar-refractivity contribution is -0.0227. The Morgan fingerprint density at radius 2 is 1.52 bits per heavy atom. The van der Waals surface area contributed by atoms with Crippen LogP contribution in [0.25, 0.3) is 0 Å². The maximum absolute atomic E-state index is 12.2. The summed E-state index contributed by atoms with van der Waals surface area (Å²) in [6.07, 6.45) is -0.308. The number of hydrogen-bond acceptors (Lipinski definition) is 6. The third kappa shape index (κ3) is 12.5. The van der Waals surface area contributed by atoms with Gasteiger partial charge in [-0.15, -0.1) is 23.2 Å². The highest BCUT2D eigenvalue weighted by atomic mass is 79.9. The summed E-state index contributed by atoms with van der Waals surface area (Å²) in [5.41, 5.74) is -0.0422. The Hall–Kier alpha value is 2.05. The molecule has 0 heterocycles. The number of hydrogen-bond donors (Lipinski definition) is 0. The summed E-state index contributed by atoms with van der Waals surface area (Å²) in [6, 6.07) is 0. The molecule has 2 atom stereocenters. The number of phosphoric ester groups is 1. The summed E-state index contributed by atoms with van der Waals surface area (Å²) >= 11 is 22.7. The van der Waals surface area contributed by atoms with Crippen molar-refractivity contribution in [2.45, 2.75) is 25.3 Å². The largest absolute Gasteiger partial charge is 0.474 e. The lowest BCUT2D eigenvalue weighted by atomic mass is 9.98. The molecule has 0 saturated heterocycles. The molecular formula is C15H28Br3Cl2O6P. The van der Waals surface area contributed by atoms with Crippen LogP contribution in [0.4, 0.5) is 0 Å². The van der Waals surface area contributed by atoms with Crippen molar-refractivity contribution in [1.82, 2.24) is 0 Å². The van der Waals surface area contributed by atoms with Crippen LogP contribution in [0.5, 0.6) is 0 Å². The molecule has 164 valence electrons. The molecule has 0 rings (SSSR count). The third-order valence-electron chi connectivity index (χ3n) is 3.24. The molecule has 0 saturated carbocycles. The van der Waals surface area contributed by atoms with E-state index in [1.165, 1.54) is 0 Å². The van der Waals surface area contributed by atoms with E-state index in [9.17, 15) is 4.57 Å². The quantitative estimate of drug-likeness (QED) is 0.143. The second kappa shape index (κ2) is 16.7. The van der Waals surface area contributed by atoms with Crippen molar-refractivity contribution >= 4 is 78.8 Å². The minimum Gasteiger partial charge on any atom is -0.378 e. The maximum Gasteiger partial charge on any atom is 0.474 e. The van der Waals surface area contributed by atoms with E-state index in [1.54, 1.807) is 13.8 Å². The molecule has 0 aliphatic rings. The van der Waals surface area contributed by atoms with Gasteiger partial charge >= 0.3 is 7.82 Å². The van der Waals surface area contributed by atoms with Gasteiger partial charge in [0.15, 0.2) is 0 Å². The zero-order chi connectivity index (χ0) is 20.8. The average molecular weight is 646 g/mol. The van der Waals surface area contributed by atoms with Gasteiger partial charge in [-0.05, 0) is 13.8 Å². The van der Waals surface area contributed by atoms with Crippen molar-refractivity contribution in [2.24, 2.45) is 5.41 Å². The van der Waals surface area contributed by atoms with E-state index in [-0.39, 0.29) is 43.8 Å². The fourth-order valence-corrected chi connectivity index (χ4v) is 6.55. The molecular weight excluding hydrogens is 618 g/mol. The monoisotopic (exact) mass is 642 g/mol. The Labute approximate surface area is 197 Å². The fourth-order valence-electron chi connectivity index (χ4n) is 1.66. The van der Waals surface area contributed by atoms with E-state index in [1.807, 2.05) is 0 Å². The highest BCUT2D eigenvalue weighted by molar-refractivity contribution is 9.10. The minimum atomic E-state index is -3.58. The maximum atomic E-state index is 12.2. The van der Waals surface area contributed by atoms with Crippen LogP contribution in [0.1, 0.15) is 13.8 Å². The smallest absolute Gasteiger partial charge is 0.378 e. The summed E-state index contributed by atoms with van der Waals surface area (Å²) in [5.74, 6) is 0.269. The van der Waals surface area contributed by atoms with E-state index >= 15 is 0 Å². The second-order valence-corrected chi connectivity index (χ2v) is 9.98. The van der Waals surface area contributed by atoms with E-state index in [0.29, 0.717) is 13.2 Å². The first-order chi connectivity index (χ1) is 12.8. The van der Waals surface area contributed by atoms with Crippen molar-refractivity contribution in [1.29, 1.82) is 0 Å². The Morgan fingerprint density at radius 3 is 1.96 bits per heavy atom. The molecule has 0 spiro atoms. The number of phosphoric acid groups is 1. The highest BCUT2D eigenvalue weighted by Crippen LogP contribution is 2.49. The molecule has 0 radical (unpaired) electrons. The summed E-state index contributed by atoms with van der Waals surface area (Å²) < 4.78 is 39.0. The zero-order valence-corrected chi connectivity index (χ0v) is 22.7. The Morgan fingerprint density at radius 1 is 0.963 bits per heavy atom. The van der Waals surface area contributed by atoms with Crippen molar-refractivity contribution in [3.8, 4) is 0 Å². The predicted octanol–water partition coefficient (Wildman–Crippen LogP) is 5.60. The zero-order valence-electron chi connectivity index (χ0n) is 15.5. The lowest BCUT2D eigenvalue weighted by Gasteiger charge is -2.28. The Balaban J connectivity index is 4.27. The normalized spacial score (nSPS) is 15.1. The molecule has 27 heavy (non-hydrogen) atoms. The van der Waals surface area contributed by atoms with Gasteiger partial charge < -0.3 is 9.47 Å². The van der Waals surface area contributed by atoms with Gasteiger partial charge in [-0.2, -0.15) is 0 Å². The van der Waals surface area contributed by atoms with Crippen LogP contribution in [0.15, 0.2) is 0 Å². The molecule has 0 bridgehead atoms. The second-order valence-electron chi connectivity index (χ2n) is 5.70. The fraction of sp³-hybridized carbons (Fsp3) is 1.00. The van der Waals surface area contributed by atoms with E-state index in [2.05, 4.69) is 47.8 Å². The van der Waals surface area contributed by atoms with Gasteiger partial charge in [0.05, 0.1) is 57.0 Å². The van der Waals surface area contributed by atoms with Gasteiger partial charge in [-0.25, -0.2) is 4.57 Å². The molecule has 6 nitrogen and oxygen atoms in total. The topological polar surface area (TPSA) is 63.2 Å². The Bertz CT molecular complexity index is 403. The number of alkyl halides is 5. The summed E-state index contributed by atoms with van der Waals surface area (Å²) in [4.78, 5) is 0. The van der Waals surface area contributed by atoms with E-state index in [4.69, 9.17) is 46.2 Å². The minimum absolute atomic E-state index is 0.0332. The van der Waals surface area contributed by atoms with Crippen molar-refractivity contribution in [2.75, 3.05) is 61.5 Å². The number of ether oxygens (including phenoxy) is 2. The van der Waals surface area contributed by atoms with Gasteiger partial charge in [0.25, 0.3) is 0 Å². The van der Waals surface area contributed by atoms with Gasteiger partial charge in [-0.1, -0.05) is 47.8 Å². The van der Waals surface area contributed by atoms with Crippen molar-refractivity contribution < 1.29 is 27.6 Å². The molecule has 0 fully saturated rings. The summed E-state index contributed by atoms with van der Waals surface area (Å²) in [6.45, 7) is 4.86. The van der Waals surface area contributed by atoms with Crippen LogP contribution in [0.2, 0.25) is 0 Å². The van der Waals surface area contributed by atoms with Gasteiger partial charge in [-0.3, -0.25) is 13.6 Å². The van der Waals surface area contributed by atoms with Crippen molar-refractivity contribution in [3.63, 3.8) is 0 Å². The van der Waals surface area contributed by atoms with Gasteiger partial charge in [0.1, 0.15) is 0 Å². The molecule has 0 N–H and O–H groups in total. The summed E-state index contributed by atoms with van der Waals surface area (Å²) in [7, 11) is -3.58. The first-order valence-electron chi connectivity index (χ1n) is 8.45. The first-order valence-corrected chi connectivity index (χ1v) is 14.2. The average Bonchev–Trinajstić information content (AvgIpc) is 2.67. The molecule has 0 aliphatic heterocycles. The number of halogens is 5. The molecule has 0 aliphatic carbocycles. The van der Waals surface area contributed by atoms with Crippen LogP contribution in [0.3, 0.4) is 0 Å². The Kier molecular flexibility index (Phi) is 18.0. The lowest BCUT2D eigenvalue weighted by Crippen LogP contribution is -2.35. The van der Waals surface area contributed by atoms with Crippen LogP contribution >= 0.6 is 78.8 Å². The van der Waals surface area contributed by atoms with Crippen LogP contribution in [0, 0.1) is 5.41 Å². The molecule has 0 aromatic rings. The SMILES string of the molecule is CCOP(=O)(OCC)OCC(Cl)COC(CCl)COCC(CBr)(CBr)CBr. The van der Waals surface area contributed by atoms with Crippen LogP contribution in [-0.4, -0.2) is 73.0 Å². The van der Waals surface area contributed by atoms with Gasteiger partial charge in [0, 0.05) is 21.4 Å². The van der Waals surface area contributed by atoms with E-state index < -0.39 is 13.2 Å². The molecule has 0 aromatic heterocycles.